The predicted molar refractivity (Wildman–Crippen MR) is 260 cm³/mol. The van der Waals surface area contributed by atoms with Gasteiger partial charge in [-0.1, -0.05) is 212 Å². The lowest BCUT2D eigenvalue weighted by molar-refractivity contribution is -0.870. The summed E-state index contributed by atoms with van der Waals surface area (Å²) in [7, 11) is 5.92. The van der Waals surface area contributed by atoms with E-state index in [9.17, 15) is 19.5 Å². The van der Waals surface area contributed by atoms with Crippen molar-refractivity contribution < 1.29 is 42.9 Å². The van der Waals surface area contributed by atoms with Gasteiger partial charge >= 0.3 is 11.9 Å². The van der Waals surface area contributed by atoms with Gasteiger partial charge in [0.1, 0.15) is 13.2 Å². The number of ether oxygens (including phenoxy) is 4. The molecule has 0 saturated heterocycles. The maximum Gasteiger partial charge on any atom is 0.306 e. The number of allylic oxidation sites excluding steroid dienone is 4. The normalized spacial score (nSPS) is 13.0. The summed E-state index contributed by atoms with van der Waals surface area (Å²) >= 11 is 0. The second-order valence-electron chi connectivity index (χ2n) is 19.2. The molecule has 0 aromatic heterocycles. The van der Waals surface area contributed by atoms with Gasteiger partial charge in [0.25, 0.3) is 0 Å². The Labute approximate surface area is 388 Å². The Balaban J connectivity index is 4.30. The van der Waals surface area contributed by atoms with Crippen LogP contribution in [-0.4, -0.2) is 82.3 Å². The van der Waals surface area contributed by atoms with Gasteiger partial charge in [0.2, 0.25) is 0 Å². The predicted octanol–water partition coefficient (Wildman–Crippen LogP) is 13.5. The molecule has 0 aromatic rings. The lowest BCUT2D eigenvalue weighted by atomic mass is 10.0. The highest BCUT2D eigenvalue weighted by atomic mass is 16.7. The molecule has 0 fully saturated rings. The molecule has 9 heteroatoms. The summed E-state index contributed by atoms with van der Waals surface area (Å²) in [4.78, 5) is 37.2. The third-order valence-electron chi connectivity index (χ3n) is 11.7. The molecule has 63 heavy (non-hydrogen) atoms. The third kappa shape index (κ3) is 47.5. The molecular weight excluding hydrogens is 791 g/mol. The molecule has 0 rings (SSSR count). The minimum atomic E-state index is -1.62. The van der Waals surface area contributed by atoms with E-state index in [4.69, 9.17) is 18.9 Å². The van der Waals surface area contributed by atoms with Gasteiger partial charge in [-0.15, -0.1) is 0 Å². The average molecular weight is 892 g/mol. The SMILES string of the molecule is CCCCC/C=C\C/C=C\CCCCCCCCCCCC(=O)OC(COC(=O)CCCCCCCCCCCCCCCCCCCCC)COC(OCC[N+](C)(C)C)C(=O)[O-]. The van der Waals surface area contributed by atoms with Crippen molar-refractivity contribution in [1.82, 2.24) is 0 Å². The Morgan fingerprint density at radius 1 is 0.476 bits per heavy atom. The monoisotopic (exact) mass is 892 g/mol. The van der Waals surface area contributed by atoms with Crippen molar-refractivity contribution in [2.24, 2.45) is 0 Å². The van der Waals surface area contributed by atoms with Crippen LogP contribution in [0.4, 0.5) is 0 Å². The number of carboxylic acids is 1. The van der Waals surface area contributed by atoms with Crippen molar-refractivity contribution in [2.75, 3.05) is 47.5 Å². The van der Waals surface area contributed by atoms with Gasteiger partial charge in [-0.05, 0) is 44.9 Å². The quantitative estimate of drug-likeness (QED) is 0.0195. The second kappa shape index (κ2) is 46.3. The molecule has 0 aliphatic heterocycles. The number of unbranched alkanes of at least 4 members (excludes halogenated alkanes) is 30. The molecule has 0 saturated carbocycles. The average Bonchev–Trinajstić information content (AvgIpc) is 3.24. The second-order valence-corrected chi connectivity index (χ2v) is 19.2. The van der Waals surface area contributed by atoms with Crippen molar-refractivity contribution in [2.45, 2.75) is 257 Å². The van der Waals surface area contributed by atoms with E-state index in [1.165, 1.54) is 161 Å². The smallest absolute Gasteiger partial charge is 0.306 e. The lowest BCUT2D eigenvalue weighted by Gasteiger charge is -2.26. The summed E-state index contributed by atoms with van der Waals surface area (Å²) in [5.74, 6) is -2.27. The van der Waals surface area contributed by atoms with E-state index in [2.05, 4.69) is 38.2 Å². The molecule has 370 valence electrons. The van der Waals surface area contributed by atoms with Crippen LogP contribution in [0.1, 0.15) is 245 Å². The van der Waals surface area contributed by atoms with Crippen molar-refractivity contribution in [1.29, 1.82) is 0 Å². The van der Waals surface area contributed by atoms with Crippen molar-refractivity contribution in [3.8, 4) is 0 Å². The van der Waals surface area contributed by atoms with Crippen LogP contribution in [0.15, 0.2) is 24.3 Å². The summed E-state index contributed by atoms with van der Waals surface area (Å²) in [5, 5.41) is 11.7. The first-order valence-corrected chi connectivity index (χ1v) is 26.5. The zero-order valence-corrected chi connectivity index (χ0v) is 42.0. The molecule has 0 aliphatic carbocycles. The number of hydrogen-bond donors (Lipinski definition) is 0. The van der Waals surface area contributed by atoms with Gasteiger partial charge in [0, 0.05) is 12.8 Å². The number of carbonyl (C=O) groups excluding carboxylic acids is 3. The van der Waals surface area contributed by atoms with Crippen LogP contribution >= 0.6 is 0 Å². The summed E-state index contributed by atoms with van der Waals surface area (Å²) in [6.07, 6.45) is 49.2. The van der Waals surface area contributed by atoms with Crippen molar-refractivity contribution in [3.05, 3.63) is 24.3 Å². The number of rotatable bonds is 49. The van der Waals surface area contributed by atoms with Gasteiger partial charge < -0.3 is 33.3 Å². The molecule has 2 unspecified atom stereocenters. The lowest BCUT2D eigenvalue weighted by Crippen LogP contribution is -2.44. The maximum atomic E-state index is 12.8. The van der Waals surface area contributed by atoms with E-state index in [0.29, 0.717) is 23.9 Å². The topological polar surface area (TPSA) is 111 Å². The molecule has 0 bridgehead atoms. The largest absolute Gasteiger partial charge is 0.545 e. The van der Waals surface area contributed by atoms with Gasteiger partial charge in [-0.3, -0.25) is 9.59 Å². The van der Waals surface area contributed by atoms with Gasteiger partial charge in [-0.25, -0.2) is 0 Å². The number of aliphatic carboxylic acids is 1. The van der Waals surface area contributed by atoms with Crippen molar-refractivity contribution in [3.63, 3.8) is 0 Å². The number of esters is 2. The van der Waals surface area contributed by atoms with Crippen LogP contribution in [0.2, 0.25) is 0 Å². The molecule has 0 N–H and O–H groups in total. The highest BCUT2D eigenvalue weighted by Crippen LogP contribution is 2.16. The first kappa shape index (κ1) is 60.8. The summed E-state index contributed by atoms with van der Waals surface area (Å²) in [6.45, 7) is 4.75. The van der Waals surface area contributed by atoms with Crippen LogP contribution in [-0.2, 0) is 33.3 Å². The third-order valence-corrected chi connectivity index (χ3v) is 11.7. The van der Waals surface area contributed by atoms with Crippen LogP contribution in [0.3, 0.4) is 0 Å². The Hall–Kier alpha value is -2.23. The number of carboxylic acid groups (broad SMARTS) is 1. The zero-order chi connectivity index (χ0) is 46.3. The summed E-state index contributed by atoms with van der Waals surface area (Å²) < 4.78 is 22.7. The summed E-state index contributed by atoms with van der Waals surface area (Å²) in [6, 6.07) is 0. The van der Waals surface area contributed by atoms with Crippen LogP contribution < -0.4 is 5.11 Å². The van der Waals surface area contributed by atoms with Gasteiger partial charge in [-0.2, -0.15) is 0 Å². The Bertz CT molecular complexity index is 1090. The number of quaternary nitrogens is 1. The highest BCUT2D eigenvalue weighted by Gasteiger charge is 2.22. The highest BCUT2D eigenvalue weighted by molar-refractivity contribution is 5.70. The molecule has 0 spiro atoms. The van der Waals surface area contributed by atoms with E-state index in [1.54, 1.807) is 0 Å². The standard InChI is InChI=1S/C54H101NO8/c1-6-8-10-12-14-16-18-20-22-24-26-28-30-32-34-36-38-40-42-44-51(56)61-48-50(49-62-54(53(58)59)60-47-46-55(3,4)5)63-52(57)45-43-41-39-37-35-33-31-29-27-25-23-21-19-17-15-13-11-9-7-2/h15,17,21,23,50,54H,6-14,16,18-20,22,24-49H2,1-5H3/b17-15-,23-21-. The van der Waals surface area contributed by atoms with E-state index in [-0.39, 0.29) is 32.2 Å². The number of carbonyl (C=O) groups is 3. The van der Waals surface area contributed by atoms with Crippen LogP contribution in [0.25, 0.3) is 0 Å². The summed E-state index contributed by atoms with van der Waals surface area (Å²) in [5.41, 5.74) is 0. The first-order valence-electron chi connectivity index (χ1n) is 26.5. The van der Waals surface area contributed by atoms with E-state index in [0.717, 1.165) is 51.4 Å². The van der Waals surface area contributed by atoms with Crippen molar-refractivity contribution >= 4 is 17.9 Å². The first-order chi connectivity index (χ1) is 30.6. The fourth-order valence-corrected chi connectivity index (χ4v) is 7.57. The Morgan fingerprint density at radius 2 is 0.857 bits per heavy atom. The Morgan fingerprint density at radius 3 is 1.29 bits per heavy atom. The molecule has 0 aliphatic rings. The molecular formula is C54H101NO8. The van der Waals surface area contributed by atoms with Gasteiger partial charge in [0.15, 0.2) is 12.4 Å². The Kier molecular flexibility index (Phi) is 44.7. The maximum absolute atomic E-state index is 12.8. The van der Waals surface area contributed by atoms with E-state index >= 15 is 0 Å². The van der Waals surface area contributed by atoms with E-state index < -0.39 is 24.3 Å². The molecule has 0 radical (unpaired) electrons. The van der Waals surface area contributed by atoms with Crippen LogP contribution in [0, 0.1) is 0 Å². The fraction of sp³-hybridized carbons (Fsp3) is 0.870. The molecule has 2 atom stereocenters. The molecule has 0 amide bonds. The van der Waals surface area contributed by atoms with E-state index in [1.807, 2.05) is 21.1 Å². The number of nitrogens with zero attached hydrogens (tertiary/aromatic N) is 1. The van der Waals surface area contributed by atoms with Crippen LogP contribution in [0.5, 0.6) is 0 Å². The fourth-order valence-electron chi connectivity index (χ4n) is 7.57. The molecule has 0 aromatic carbocycles. The number of likely N-dealkylation sites (N-methyl/N-ethyl adjacent to an activating group) is 1. The number of hydrogen-bond acceptors (Lipinski definition) is 8. The van der Waals surface area contributed by atoms with Gasteiger partial charge in [0.05, 0.1) is 40.3 Å². The minimum Gasteiger partial charge on any atom is -0.545 e. The minimum absolute atomic E-state index is 0.149. The molecule has 0 heterocycles. The molecule has 9 nitrogen and oxygen atoms in total. The zero-order valence-electron chi connectivity index (χ0n) is 42.0.